The highest BCUT2D eigenvalue weighted by atomic mass is 32.2. The van der Waals surface area contributed by atoms with Crippen molar-refractivity contribution < 1.29 is 33.5 Å². The highest BCUT2D eigenvalue weighted by molar-refractivity contribution is 7.99. The Morgan fingerprint density at radius 3 is 2.17 bits per heavy atom. The molecule has 0 bridgehead atoms. The summed E-state index contributed by atoms with van der Waals surface area (Å²) in [5.74, 6) is 1.99. The van der Waals surface area contributed by atoms with Crippen molar-refractivity contribution in [2.24, 2.45) is 7.05 Å². The van der Waals surface area contributed by atoms with E-state index in [2.05, 4.69) is 0 Å². The molecule has 1 aromatic heterocycles. The molecular weight excluding hydrogens is 532 g/mol. The molecule has 212 valence electrons. The van der Waals surface area contributed by atoms with Crippen molar-refractivity contribution in [2.75, 3.05) is 42.3 Å². The fourth-order valence-corrected chi connectivity index (χ4v) is 5.31. The third-order valence-electron chi connectivity index (χ3n) is 6.39. The van der Waals surface area contributed by atoms with Crippen molar-refractivity contribution >= 4 is 11.8 Å². The average molecular weight is 567 g/mol. The second kappa shape index (κ2) is 13.6. The average Bonchev–Trinajstić information content (AvgIpc) is 3.31. The van der Waals surface area contributed by atoms with Crippen LogP contribution < -0.4 is 18.9 Å². The molecule has 0 fully saturated rings. The van der Waals surface area contributed by atoms with E-state index < -0.39 is 12.2 Å². The van der Waals surface area contributed by atoms with Crippen LogP contribution in [0.3, 0.4) is 0 Å². The number of aromatic nitrogens is 2. The summed E-state index contributed by atoms with van der Waals surface area (Å²) in [5.41, 5.74) is 2.42. The Morgan fingerprint density at radius 2 is 1.57 bits per heavy atom. The van der Waals surface area contributed by atoms with Crippen LogP contribution in [-0.2, 0) is 16.5 Å². The molecule has 4 aromatic rings. The topological polar surface area (TPSA) is 93.4 Å². The van der Waals surface area contributed by atoms with E-state index in [1.807, 2.05) is 60.1 Å². The first-order valence-corrected chi connectivity index (χ1v) is 13.3. The van der Waals surface area contributed by atoms with Gasteiger partial charge in [-0.05, 0) is 42.0 Å². The Bertz CT molecular complexity index is 1390. The van der Waals surface area contributed by atoms with E-state index >= 15 is 0 Å². The van der Waals surface area contributed by atoms with E-state index in [0.717, 1.165) is 4.90 Å². The minimum absolute atomic E-state index is 0.0191. The van der Waals surface area contributed by atoms with E-state index in [0.29, 0.717) is 50.7 Å². The van der Waals surface area contributed by atoms with Gasteiger partial charge < -0.3 is 38.1 Å². The zero-order valence-corrected chi connectivity index (χ0v) is 24.2. The summed E-state index contributed by atoms with van der Waals surface area (Å²) in [5, 5.41) is 12.3. The third kappa shape index (κ3) is 6.05. The molecular formula is C30H34N2O7S. The molecule has 0 radical (unpaired) electrons. The van der Waals surface area contributed by atoms with E-state index in [1.54, 1.807) is 46.6 Å². The summed E-state index contributed by atoms with van der Waals surface area (Å²) in [7, 11) is 9.74. The molecule has 0 aliphatic rings. The van der Waals surface area contributed by atoms with Crippen molar-refractivity contribution in [3.05, 3.63) is 89.2 Å². The summed E-state index contributed by atoms with van der Waals surface area (Å²) in [6, 6.07) is 20.8. The number of ether oxygens (including phenoxy) is 6. The van der Waals surface area contributed by atoms with Gasteiger partial charge in [-0.2, -0.15) is 0 Å². The zero-order chi connectivity index (χ0) is 28.6. The summed E-state index contributed by atoms with van der Waals surface area (Å²) < 4.78 is 35.7. The van der Waals surface area contributed by atoms with Crippen LogP contribution >= 0.6 is 11.8 Å². The Kier molecular flexibility index (Phi) is 9.94. The molecule has 1 N–H and O–H groups in total. The summed E-state index contributed by atoms with van der Waals surface area (Å²) in [6.45, 7) is -0.0191. The number of benzene rings is 3. The molecule has 0 amide bonds. The van der Waals surface area contributed by atoms with Crippen molar-refractivity contribution in [3.8, 4) is 23.0 Å². The summed E-state index contributed by atoms with van der Waals surface area (Å²) in [4.78, 5) is 5.94. The van der Waals surface area contributed by atoms with E-state index in [4.69, 9.17) is 33.4 Å². The number of nitrogens with zero attached hydrogens (tertiary/aromatic N) is 2. The Hall–Kier alpha value is -3.70. The SMILES string of the molecule is COCOc1c(C(OC)c2c(C(O)c3ccc(OC)cc3)nc(Sc3ccccc3)n2C)ccc(OC)c1OC. The van der Waals surface area contributed by atoms with Gasteiger partial charge in [0.1, 0.15) is 18.0 Å². The molecule has 0 saturated carbocycles. The molecule has 2 atom stereocenters. The lowest BCUT2D eigenvalue weighted by Gasteiger charge is -2.24. The minimum atomic E-state index is -1.04. The Balaban J connectivity index is 1.90. The predicted octanol–water partition coefficient (Wildman–Crippen LogP) is 5.40. The number of hydrogen-bond acceptors (Lipinski definition) is 9. The molecule has 9 nitrogen and oxygen atoms in total. The fourth-order valence-electron chi connectivity index (χ4n) is 4.42. The minimum Gasteiger partial charge on any atom is -0.497 e. The number of rotatable bonds is 13. The van der Waals surface area contributed by atoms with Crippen molar-refractivity contribution in [1.82, 2.24) is 9.55 Å². The summed E-state index contributed by atoms with van der Waals surface area (Å²) in [6.07, 6.45) is -1.74. The summed E-state index contributed by atoms with van der Waals surface area (Å²) >= 11 is 1.49. The Morgan fingerprint density at radius 1 is 0.850 bits per heavy atom. The van der Waals surface area contributed by atoms with Gasteiger partial charge in [-0.25, -0.2) is 4.98 Å². The van der Waals surface area contributed by atoms with Crippen molar-refractivity contribution in [3.63, 3.8) is 0 Å². The predicted molar refractivity (Wildman–Crippen MR) is 152 cm³/mol. The standard InChI is InChI=1S/C30H34N2O7S/c1-32-25(27(37-5)22-16-17-23(36-4)29(38-6)28(22)39-18-34-2)24(26(33)19-12-14-20(35-3)15-13-19)31-30(32)40-21-10-8-7-9-11-21/h7-17,26-27,33H,18H2,1-6H3. The second-order valence-electron chi connectivity index (χ2n) is 8.70. The largest absolute Gasteiger partial charge is 0.497 e. The lowest BCUT2D eigenvalue weighted by molar-refractivity contribution is 0.0445. The van der Waals surface area contributed by atoms with E-state index in [1.165, 1.54) is 18.9 Å². The van der Waals surface area contributed by atoms with Crippen molar-refractivity contribution in [2.45, 2.75) is 22.3 Å². The molecule has 0 saturated heterocycles. The van der Waals surface area contributed by atoms with Crippen LogP contribution in [0.4, 0.5) is 0 Å². The second-order valence-corrected chi connectivity index (χ2v) is 9.74. The van der Waals surface area contributed by atoms with Crippen LogP contribution in [0.2, 0.25) is 0 Å². The Labute approximate surface area is 238 Å². The molecule has 10 heteroatoms. The number of methoxy groups -OCH3 is 5. The quantitative estimate of drug-likeness (QED) is 0.214. The smallest absolute Gasteiger partial charge is 0.203 e. The normalized spacial score (nSPS) is 12.6. The van der Waals surface area contributed by atoms with Gasteiger partial charge in [0.15, 0.2) is 23.4 Å². The zero-order valence-electron chi connectivity index (χ0n) is 23.4. The van der Waals surface area contributed by atoms with Gasteiger partial charge in [0, 0.05) is 31.7 Å². The van der Waals surface area contributed by atoms with E-state index in [-0.39, 0.29) is 6.79 Å². The molecule has 3 aromatic carbocycles. The van der Waals surface area contributed by atoms with Crippen LogP contribution in [-0.4, -0.2) is 57.0 Å². The van der Waals surface area contributed by atoms with Crippen molar-refractivity contribution in [1.29, 1.82) is 0 Å². The van der Waals surface area contributed by atoms with Crippen LogP contribution in [0.25, 0.3) is 0 Å². The van der Waals surface area contributed by atoms with Gasteiger partial charge in [0.25, 0.3) is 0 Å². The maximum Gasteiger partial charge on any atom is 0.203 e. The molecule has 4 rings (SSSR count). The number of aliphatic hydroxyl groups is 1. The highest BCUT2D eigenvalue weighted by Crippen LogP contribution is 2.46. The first-order chi connectivity index (χ1) is 19.5. The van der Waals surface area contributed by atoms with Gasteiger partial charge in [-0.15, -0.1) is 0 Å². The molecule has 40 heavy (non-hydrogen) atoms. The maximum atomic E-state index is 11.6. The van der Waals surface area contributed by atoms with Crippen LogP contribution in [0, 0.1) is 0 Å². The van der Waals surface area contributed by atoms with Crippen LogP contribution in [0.15, 0.2) is 76.8 Å². The van der Waals surface area contributed by atoms with Gasteiger partial charge in [-0.1, -0.05) is 42.1 Å². The number of imidazole rings is 1. The molecule has 2 unspecified atom stereocenters. The number of hydrogen-bond donors (Lipinski definition) is 1. The molecule has 0 aliphatic carbocycles. The maximum absolute atomic E-state index is 11.6. The fraction of sp³-hybridized carbons (Fsp3) is 0.300. The van der Waals surface area contributed by atoms with Gasteiger partial charge in [0.2, 0.25) is 5.75 Å². The van der Waals surface area contributed by atoms with E-state index in [9.17, 15) is 5.11 Å². The highest BCUT2D eigenvalue weighted by Gasteiger charge is 2.33. The lowest BCUT2D eigenvalue weighted by Crippen LogP contribution is -2.16. The first kappa shape index (κ1) is 29.3. The van der Waals surface area contributed by atoms with Gasteiger partial charge in [-0.3, -0.25) is 0 Å². The van der Waals surface area contributed by atoms with Gasteiger partial charge >= 0.3 is 0 Å². The molecule has 0 aliphatic heterocycles. The van der Waals surface area contributed by atoms with Crippen LogP contribution in [0.5, 0.6) is 23.0 Å². The van der Waals surface area contributed by atoms with Gasteiger partial charge in [0.05, 0.1) is 32.7 Å². The number of aliphatic hydroxyl groups excluding tert-OH is 1. The molecule has 1 heterocycles. The molecule has 0 spiro atoms. The monoisotopic (exact) mass is 566 g/mol. The third-order valence-corrected chi connectivity index (χ3v) is 7.44. The van der Waals surface area contributed by atoms with Crippen LogP contribution in [0.1, 0.15) is 34.7 Å². The lowest BCUT2D eigenvalue weighted by atomic mass is 9.98. The first-order valence-electron chi connectivity index (χ1n) is 12.5.